The minimum Gasteiger partial charge on any atom is -0.504 e. The number of hydrogen-bond acceptors (Lipinski definition) is 4. The van der Waals surface area contributed by atoms with Crippen molar-refractivity contribution >= 4 is 12.1 Å². The molecule has 6 heteroatoms. The molecule has 0 bridgehead atoms. The number of methoxy groups -OCH3 is 1. The molecule has 0 saturated carbocycles. The Morgan fingerprint density at radius 2 is 2.10 bits per heavy atom. The van der Waals surface area contributed by atoms with E-state index in [1.165, 1.54) is 37.6 Å². The molecule has 0 radical (unpaired) electrons. The largest absolute Gasteiger partial charge is 0.504 e. The van der Waals surface area contributed by atoms with Gasteiger partial charge in [-0.25, -0.2) is 9.82 Å². The fourth-order valence-corrected chi connectivity index (χ4v) is 1.65. The Morgan fingerprint density at radius 3 is 2.81 bits per heavy atom. The van der Waals surface area contributed by atoms with Crippen molar-refractivity contribution in [3.05, 3.63) is 59.4 Å². The van der Waals surface area contributed by atoms with Crippen LogP contribution in [0.25, 0.3) is 0 Å². The zero-order valence-electron chi connectivity index (χ0n) is 11.2. The number of benzene rings is 2. The van der Waals surface area contributed by atoms with Crippen molar-refractivity contribution in [2.24, 2.45) is 5.10 Å². The number of halogens is 1. The van der Waals surface area contributed by atoms with E-state index in [-0.39, 0.29) is 11.3 Å². The smallest absolute Gasteiger partial charge is 0.274 e. The topological polar surface area (TPSA) is 70.9 Å². The number of aromatic hydroxyl groups is 1. The number of phenolic OH excluding ortho intramolecular Hbond substituents is 1. The Morgan fingerprint density at radius 1 is 1.33 bits per heavy atom. The van der Waals surface area contributed by atoms with Crippen molar-refractivity contribution in [3.8, 4) is 11.5 Å². The highest BCUT2D eigenvalue weighted by atomic mass is 19.1. The van der Waals surface area contributed by atoms with Gasteiger partial charge >= 0.3 is 0 Å². The number of amides is 1. The third-order valence-corrected chi connectivity index (χ3v) is 2.70. The number of nitrogens with zero attached hydrogens (tertiary/aromatic N) is 1. The molecule has 0 aliphatic heterocycles. The van der Waals surface area contributed by atoms with E-state index in [1.807, 2.05) is 0 Å². The molecule has 2 N–H and O–H groups in total. The maximum Gasteiger partial charge on any atom is 0.274 e. The molecule has 5 nitrogen and oxygen atoms in total. The van der Waals surface area contributed by atoms with Crippen molar-refractivity contribution in [1.82, 2.24) is 5.43 Å². The van der Waals surface area contributed by atoms with Gasteiger partial charge in [0.25, 0.3) is 5.91 Å². The molecule has 21 heavy (non-hydrogen) atoms. The first-order valence-corrected chi connectivity index (χ1v) is 6.06. The first-order chi connectivity index (χ1) is 10.1. The van der Waals surface area contributed by atoms with Gasteiger partial charge in [0.15, 0.2) is 11.5 Å². The molecular weight excluding hydrogens is 275 g/mol. The summed E-state index contributed by atoms with van der Waals surface area (Å²) in [4.78, 5) is 11.7. The van der Waals surface area contributed by atoms with Gasteiger partial charge in [-0.1, -0.05) is 12.1 Å². The summed E-state index contributed by atoms with van der Waals surface area (Å²) < 4.78 is 18.3. The maximum atomic E-state index is 13.4. The van der Waals surface area contributed by atoms with Gasteiger partial charge < -0.3 is 9.84 Å². The van der Waals surface area contributed by atoms with Crippen LogP contribution in [0.1, 0.15) is 15.9 Å². The standard InChI is InChI=1S/C15H13FN2O3/c1-21-14-8-10(6-7-13(14)19)9-17-18-15(20)11-4-2-3-5-12(11)16/h2-9,19H,1H3,(H,18,20)/b17-9+. The van der Waals surface area contributed by atoms with Crippen LogP contribution in [0, 0.1) is 5.82 Å². The van der Waals surface area contributed by atoms with Crippen LogP contribution in [-0.4, -0.2) is 24.3 Å². The normalized spacial score (nSPS) is 10.6. The molecule has 0 aromatic heterocycles. The quantitative estimate of drug-likeness (QED) is 0.670. The molecule has 0 aliphatic carbocycles. The number of carbonyl (C=O) groups excluding carboxylic acids is 1. The van der Waals surface area contributed by atoms with E-state index < -0.39 is 11.7 Å². The summed E-state index contributed by atoms with van der Waals surface area (Å²) in [5.41, 5.74) is 2.75. The molecule has 2 aromatic carbocycles. The van der Waals surface area contributed by atoms with Crippen LogP contribution in [0.5, 0.6) is 11.5 Å². The monoisotopic (exact) mass is 288 g/mol. The number of phenols is 1. The highest BCUT2D eigenvalue weighted by Crippen LogP contribution is 2.25. The van der Waals surface area contributed by atoms with Crippen LogP contribution in [0.2, 0.25) is 0 Å². The van der Waals surface area contributed by atoms with Crippen molar-refractivity contribution < 1.29 is 19.0 Å². The Bertz CT molecular complexity index is 686. The van der Waals surface area contributed by atoms with Gasteiger partial charge in [0.1, 0.15) is 5.82 Å². The van der Waals surface area contributed by atoms with Crippen molar-refractivity contribution in [3.63, 3.8) is 0 Å². The second-order valence-corrected chi connectivity index (χ2v) is 4.11. The highest BCUT2D eigenvalue weighted by Gasteiger charge is 2.09. The van der Waals surface area contributed by atoms with Crippen LogP contribution in [0.4, 0.5) is 4.39 Å². The van der Waals surface area contributed by atoms with E-state index in [2.05, 4.69) is 10.5 Å². The number of carbonyl (C=O) groups is 1. The van der Waals surface area contributed by atoms with Crippen molar-refractivity contribution in [2.45, 2.75) is 0 Å². The zero-order chi connectivity index (χ0) is 15.2. The lowest BCUT2D eigenvalue weighted by Gasteiger charge is -2.03. The summed E-state index contributed by atoms with van der Waals surface area (Å²) in [6.07, 6.45) is 1.36. The SMILES string of the molecule is COc1cc(/C=N/NC(=O)c2ccccc2F)ccc1O. The second kappa shape index (κ2) is 6.51. The van der Waals surface area contributed by atoms with Gasteiger partial charge in [0, 0.05) is 0 Å². The highest BCUT2D eigenvalue weighted by molar-refractivity contribution is 5.95. The summed E-state index contributed by atoms with van der Waals surface area (Å²) in [5.74, 6) is -0.962. The first-order valence-electron chi connectivity index (χ1n) is 6.06. The summed E-state index contributed by atoms with van der Waals surface area (Å²) >= 11 is 0. The average Bonchev–Trinajstić information content (AvgIpc) is 2.49. The van der Waals surface area contributed by atoms with Crippen LogP contribution in [0.3, 0.4) is 0 Å². The van der Waals surface area contributed by atoms with Gasteiger partial charge in [0.2, 0.25) is 0 Å². The second-order valence-electron chi connectivity index (χ2n) is 4.11. The predicted molar refractivity (Wildman–Crippen MR) is 76.1 cm³/mol. The van der Waals surface area contributed by atoms with Crippen LogP contribution >= 0.6 is 0 Å². The molecule has 0 heterocycles. The summed E-state index contributed by atoms with van der Waals surface area (Å²) in [6, 6.07) is 10.2. The molecule has 0 saturated heterocycles. The van der Waals surface area contributed by atoms with Crippen molar-refractivity contribution in [2.75, 3.05) is 7.11 Å². The fraction of sp³-hybridized carbons (Fsp3) is 0.0667. The van der Waals surface area contributed by atoms with Gasteiger partial charge in [0.05, 0.1) is 18.9 Å². The van der Waals surface area contributed by atoms with E-state index in [4.69, 9.17) is 4.74 Å². The molecule has 0 atom stereocenters. The molecule has 2 aromatic rings. The van der Waals surface area contributed by atoms with Gasteiger partial charge in [-0.3, -0.25) is 4.79 Å². The third-order valence-electron chi connectivity index (χ3n) is 2.70. The van der Waals surface area contributed by atoms with E-state index in [0.717, 1.165) is 0 Å². The maximum absolute atomic E-state index is 13.4. The number of hydrazone groups is 1. The van der Waals surface area contributed by atoms with E-state index in [0.29, 0.717) is 11.3 Å². The Balaban J connectivity index is 2.06. The number of hydrogen-bond donors (Lipinski definition) is 2. The molecule has 0 fully saturated rings. The predicted octanol–water partition coefficient (Wildman–Crippen LogP) is 2.30. The average molecular weight is 288 g/mol. The summed E-state index contributed by atoms with van der Waals surface area (Å²) in [5, 5.41) is 13.2. The molecule has 2 rings (SSSR count). The molecule has 0 unspecified atom stereocenters. The minimum absolute atomic E-state index is 0.00467. The van der Waals surface area contributed by atoms with E-state index >= 15 is 0 Å². The number of ether oxygens (including phenoxy) is 1. The van der Waals surface area contributed by atoms with E-state index in [1.54, 1.807) is 18.2 Å². The lowest BCUT2D eigenvalue weighted by molar-refractivity contribution is 0.0951. The van der Waals surface area contributed by atoms with Crippen molar-refractivity contribution in [1.29, 1.82) is 0 Å². The van der Waals surface area contributed by atoms with Gasteiger partial charge in [-0.05, 0) is 35.9 Å². The summed E-state index contributed by atoms with van der Waals surface area (Å²) in [7, 11) is 1.43. The molecule has 108 valence electrons. The van der Waals surface area contributed by atoms with Crippen LogP contribution < -0.4 is 10.2 Å². The molecule has 0 spiro atoms. The third kappa shape index (κ3) is 3.56. The molecule has 0 aliphatic rings. The van der Waals surface area contributed by atoms with Crippen LogP contribution in [-0.2, 0) is 0 Å². The van der Waals surface area contributed by atoms with E-state index in [9.17, 15) is 14.3 Å². The van der Waals surface area contributed by atoms with Gasteiger partial charge in [-0.2, -0.15) is 5.10 Å². The zero-order valence-corrected chi connectivity index (χ0v) is 11.2. The lowest BCUT2D eigenvalue weighted by Crippen LogP contribution is -2.18. The Labute approximate surface area is 120 Å². The Hall–Kier alpha value is -2.89. The number of rotatable bonds is 4. The Kier molecular flexibility index (Phi) is 4.50. The molecule has 1 amide bonds. The fourth-order valence-electron chi connectivity index (χ4n) is 1.65. The number of nitrogens with one attached hydrogen (secondary N) is 1. The molecular formula is C15H13FN2O3. The van der Waals surface area contributed by atoms with Crippen LogP contribution in [0.15, 0.2) is 47.6 Å². The first kappa shape index (κ1) is 14.5. The van der Waals surface area contributed by atoms with Gasteiger partial charge in [-0.15, -0.1) is 0 Å². The minimum atomic E-state index is -0.643. The summed E-state index contributed by atoms with van der Waals surface area (Å²) in [6.45, 7) is 0. The lowest BCUT2D eigenvalue weighted by atomic mass is 10.2.